The number of nitrogens with zero attached hydrogens (tertiary/aromatic N) is 5. The molecule has 0 bridgehead atoms. The normalized spacial score (nSPS) is 17.8. The summed E-state index contributed by atoms with van der Waals surface area (Å²) in [6, 6.07) is 7.58. The van der Waals surface area contributed by atoms with E-state index in [0.29, 0.717) is 18.8 Å². The summed E-state index contributed by atoms with van der Waals surface area (Å²) >= 11 is 0. The van der Waals surface area contributed by atoms with Gasteiger partial charge in [-0.25, -0.2) is 4.98 Å². The summed E-state index contributed by atoms with van der Waals surface area (Å²) in [6.07, 6.45) is 3.27. The highest BCUT2D eigenvalue weighted by molar-refractivity contribution is 6.05. The van der Waals surface area contributed by atoms with E-state index in [2.05, 4.69) is 26.8 Å². The summed E-state index contributed by atoms with van der Waals surface area (Å²) in [5, 5.41) is 0. The van der Waals surface area contributed by atoms with Crippen LogP contribution < -0.4 is 14.5 Å². The number of likely N-dealkylation sites (N-methyl/N-ethyl adjacent to an activating group) is 1. The summed E-state index contributed by atoms with van der Waals surface area (Å²) in [7, 11) is 2.11. The molecule has 0 radical (unpaired) electrons. The van der Waals surface area contributed by atoms with Crippen LogP contribution in [0.3, 0.4) is 0 Å². The molecule has 1 fully saturated rings. The van der Waals surface area contributed by atoms with E-state index < -0.39 is 0 Å². The number of carbonyl (C=O) groups is 1. The van der Waals surface area contributed by atoms with Gasteiger partial charge in [-0.1, -0.05) is 12.1 Å². The highest BCUT2D eigenvalue weighted by Gasteiger charge is 2.26. The van der Waals surface area contributed by atoms with Crippen molar-refractivity contribution in [1.29, 1.82) is 0 Å². The molecule has 0 atom stereocenters. The molecular formula is C18H21N5O2. The lowest BCUT2D eigenvalue weighted by Gasteiger charge is -2.33. The van der Waals surface area contributed by atoms with E-state index in [-0.39, 0.29) is 5.91 Å². The van der Waals surface area contributed by atoms with Crippen LogP contribution in [0.2, 0.25) is 0 Å². The third-order valence-electron chi connectivity index (χ3n) is 4.64. The molecule has 1 aromatic carbocycles. The first-order valence-corrected chi connectivity index (χ1v) is 8.51. The minimum atomic E-state index is -0.140. The molecule has 0 saturated carbocycles. The van der Waals surface area contributed by atoms with Crippen molar-refractivity contribution in [2.75, 3.05) is 56.2 Å². The predicted octanol–water partition coefficient (Wildman–Crippen LogP) is 1.27. The fraction of sp³-hybridized carbons (Fsp3) is 0.389. The van der Waals surface area contributed by atoms with Crippen molar-refractivity contribution >= 4 is 17.4 Å². The Hall–Kier alpha value is -2.67. The number of ether oxygens (including phenoxy) is 1. The Kier molecular flexibility index (Phi) is 4.23. The zero-order valence-corrected chi connectivity index (χ0v) is 14.3. The van der Waals surface area contributed by atoms with Crippen LogP contribution in [-0.2, 0) is 0 Å². The minimum Gasteiger partial charge on any atom is -0.490 e. The SMILES string of the molecule is CN1CCN(c2cncc(C(=O)N3CCOc4ccccc43)n2)CC1. The molecule has 7 nitrogen and oxygen atoms in total. The number of para-hydroxylation sites is 2. The first-order chi connectivity index (χ1) is 12.2. The number of anilines is 2. The average Bonchev–Trinajstić information content (AvgIpc) is 2.68. The Labute approximate surface area is 146 Å². The molecule has 7 heteroatoms. The van der Waals surface area contributed by atoms with Crippen LogP contribution in [0.1, 0.15) is 10.5 Å². The topological polar surface area (TPSA) is 61.8 Å². The van der Waals surface area contributed by atoms with Crippen molar-refractivity contribution in [3.63, 3.8) is 0 Å². The van der Waals surface area contributed by atoms with E-state index in [0.717, 1.165) is 43.4 Å². The van der Waals surface area contributed by atoms with Gasteiger partial charge in [0.2, 0.25) is 0 Å². The number of fused-ring (bicyclic) bond motifs is 1. The maximum Gasteiger partial charge on any atom is 0.278 e. The van der Waals surface area contributed by atoms with Gasteiger partial charge in [0.15, 0.2) is 0 Å². The first-order valence-electron chi connectivity index (χ1n) is 8.51. The van der Waals surface area contributed by atoms with Crippen molar-refractivity contribution < 1.29 is 9.53 Å². The van der Waals surface area contributed by atoms with E-state index in [1.165, 1.54) is 0 Å². The number of piperazine rings is 1. The lowest BCUT2D eigenvalue weighted by Crippen LogP contribution is -2.45. The largest absolute Gasteiger partial charge is 0.490 e. The highest BCUT2D eigenvalue weighted by Crippen LogP contribution is 2.31. The zero-order valence-electron chi connectivity index (χ0n) is 14.3. The van der Waals surface area contributed by atoms with Crippen LogP contribution in [-0.4, -0.2) is 67.2 Å². The van der Waals surface area contributed by atoms with Gasteiger partial charge >= 0.3 is 0 Å². The van der Waals surface area contributed by atoms with Gasteiger partial charge in [-0.2, -0.15) is 0 Å². The lowest BCUT2D eigenvalue weighted by atomic mass is 10.2. The average molecular weight is 339 g/mol. The number of rotatable bonds is 2. The molecule has 0 unspecified atom stereocenters. The smallest absolute Gasteiger partial charge is 0.278 e. The Morgan fingerprint density at radius 3 is 2.72 bits per heavy atom. The van der Waals surface area contributed by atoms with Crippen LogP contribution in [0.15, 0.2) is 36.7 Å². The summed E-state index contributed by atoms with van der Waals surface area (Å²) in [4.78, 5) is 28.0. The summed E-state index contributed by atoms with van der Waals surface area (Å²) < 4.78 is 5.63. The van der Waals surface area contributed by atoms with E-state index in [1.807, 2.05) is 24.3 Å². The third-order valence-corrected chi connectivity index (χ3v) is 4.64. The van der Waals surface area contributed by atoms with Crippen LogP contribution >= 0.6 is 0 Å². The molecule has 0 N–H and O–H groups in total. The molecule has 0 aliphatic carbocycles. The van der Waals surface area contributed by atoms with E-state index >= 15 is 0 Å². The van der Waals surface area contributed by atoms with Gasteiger partial charge in [0.1, 0.15) is 23.9 Å². The van der Waals surface area contributed by atoms with Gasteiger partial charge < -0.3 is 19.4 Å². The van der Waals surface area contributed by atoms with Gasteiger partial charge in [0.05, 0.1) is 24.6 Å². The summed E-state index contributed by atoms with van der Waals surface area (Å²) in [5.74, 6) is 1.35. The van der Waals surface area contributed by atoms with Crippen molar-refractivity contribution in [2.45, 2.75) is 0 Å². The van der Waals surface area contributed by atoms with Gasteiger partial charge in [-0.05, 0) is 19.2 Å². The maximum absolute atomic E-state index is 13.0. The van der Waals surface area contributed by atoms with Gasteiger partial charge in [0.25, 0.3) is 5.91 Å². The molecule has 4 rings (SSSR count). The maximum atomic E-state index is 13.0. The zero-order chi connectivity index (χ0) is 17.2. The Bertz CT molecular complexity index is 774. The molecule has 2 aromatic rings. The number of aromatic nitrogens is 2. The fourth-order valence-electron chi connectivity index (χ4n) is 3.17. The summed E-state index contributed by atoms with van der Waals surface area (Å²) in [6.45, 7) is 4.74. The minimum absolute atomic E-state index is 0.140. The third kappa shape index (κ3) is 3.15. The molecule has 130 valence electrons. The van der Waals surface area contributed by atoms with Crippen LogP contribution in [0, 0.1) is 0 Å². The number of hydrogen-bond donors (Lipinski definition) is 0. The molecule has 25 heavy (non-hydrogen) atoms. The Morgan fingerprint density at radius 1 is 1.08 bits per heavy atom. The molecule has 1 aromatic heterocycles. The van der Waals surface area contributed by atoms with Gasteiger partial charge in [-0.3, -0.25) is 9.78 Å². The monoisotopic (exact) mass is 339 g/mol. The Balaban J connectivity index is 1.58. The molecular weight excluding hydrogens is 318 g/mol. The second-order valence-corrected chi connectivity index (χ2v) is 6.33. The van der Waals surface area contributed by atoms with E-state index in [1.54, 1.807) is 17.3 Å². The number of hydrogen-bond acceptors (Lipinski definition) is 6. The summed E-state index contributed by atoms with van der Waals surface area (Å²) in [5.41, 5.74) is 1.15. The van der Waals surface area contributed by atoms with Crippen LogP contribution in [0.5, 0.6) is 5.75 Å². The van der Waals surface area contributed by atoms with Crippen molar-refractivity contribution in [3.05, 3.63) is 42.4 Å². The van der Waals surface area contributed by atoms with Gasteiger partial charge in [0, 0.05) is 26.2 Å². The first kappa shape index (κ1) is 15.8. The fourth-order valence-corrected chi connectivity index (χ4v) is 3.17. The van der Waals surface area contributed by atoms with E-state index in [9.17, 15) is 4.79 Å². The second kappa shape index (κ2) is 6.68. The van der Waals surface area contributed by atoms with Crippen molar-refractivity contribution in [3.8, 4) is 5.75 Å². The predicted molar refractivity (Wildman–Crippen MR) is 95.4 cm³/mol. The molecule has 0 spiro atoms. The lowest BCUT2D eigenvalue weighted by molar-refractivity contribution is 0.0971. The van der Waals surface area contributed by atoms with Gasteiger partial charge in [-0.15, -0.1) is 0 Å². The highest BCUT2D eigenvalue weighted by atomic mass is 16.5. The molecule has 1 amide bonds. The molecule has 2 aliphatic rings. The Morgan fingerprint density at radius 2 is 1.88 bits per heavy atom. The van der Waals surface area contributed by atoms with Crippen molar-refractivity contribution in [2.24, 2.45) is 0 Å². The number of amides is 1. The molecule has 3 heterocycles. The molecule has 2 aliphatic heterocycles. The van der Waals surface area contributed by atoms with Crippen LogP contribution in [0.25, 0.3) is 0 Å². The number of benzene rings is 1. The van der Waals surface area contributed by atoms with Crippen LogP contribution in [0.4, 0.5) is 11.5 Å². The van der Waals surface area contributed by atoms with Crippen molar-refractivity contribution in [1.82, 2.24) is 14.9 Å². The van der Waals surface area contributed by atoms with E-state index in [4.69, 9.17) is 4.74 Å². The molecule has 1 saturated heterocycles. The quantitative estimate of drug-likeness (QED) is 0.821. The second-order valence-electron chi connectivity index (χ2n) is 6.33. The standard InChI is InChI=1S/C18H21N5O2/c1-21-6-8-22(9-7-21)17-13-19-12-14(20-17)18(24)23-10-11-25-16-5-3-2-4-15(16)23/h2-5,12-13H,6-11H2,1H3. The number of carbonyl (C=O) groups excluding carboxylic acids is 1.